The molecule has 0 fully saturated rings. The Labute approximate surface area is 587 Å². The van der Waals surface area contributed by atoms with Gasteiger partial charge in [-0.1, -0.05) is 382 Å². The molecule has 0 amide bonds. The Balaban J connectivity index is 0.000000144. The van der Waals surface area contributed by atoms with Gasteiger partial charge in [-0.3, -0.25) is 0 Å². The van der Waals surface area contributed by atoms with Gasteiger partial charge in [-0.05, 0) is 204 Å². The van der Waals surface area contributed by atoms with Crippen molar-refractivity contribution in [2.24, 2.45) is 0 Å². The van der Waals surface area contributed by atoms with Crippen LogP contribution >= 0.6 is 0 Å². The van der Waals surface area contributed by atoms with Crippen molar-refractivity contribution in [1.29, 1.82) is 0 Å². The third-order valence-corrected chi connectivity index (χ3v) is 21.9. The Kier molecular flexibility index (Phi) is 13.6. The van der Waals surface area contributed by atoms with Crippen molar-refractivity contribution in [3.8, 4) is 100 Å². The maximum atomic E-state index is 2.59. The van der Waals surface area contributed by atoms with Crippen molar-refractivity contribution >= 4 is 75.4 Å². The van der Waals surface area contributed by atoms with Crippen LogP contribution in [0.5, 0.6) is 0 Å². The quantitative estimate of drug-likeness (QED) is 0.140. The number of rotatable bonds is 7. The molecule has 0 aromatic heterocycles. The van der Waals surface area contributed by atoms with E-state index in [4.69, 9.17) is 0 Å². The molecule has 0 heterocycles. The number of hydrogen-bond acceptors (Lipinski definition) is 0. The van der Waals surface area contributed by atoms with E-state index in [0.29, 0.717) is 0 Å². The van der Waals surface area contributed by atoms with E-state index in [-0.39, 0.29) is 0 Å². The van der Waals surface area contributed by atoms with Gasteiger partial charge in [0, 0.05) is 0 Å². The summed E-state index contributed by atoms with van der Waals surface area (Å²) in [4.78, 5) is 0. The molecule has 19 aromatic rings. The SMILES string of the molecule is c1ccc(-c2c3ccccc3c(-c3ccccc3)c3c(-c4ccccc4)c4ccccc4c(-c4ccccc4)c23)cc1.c1ccc2c(c1)-c1ccccc1C21c2ccccc2-c2c1cc(-c1c3ccccc3c(-c3ccc(-c4cccc5ccccc45)cc3)c3ccccc13)c1ccccc21. The van der Waals surface area contributed by atoms with E-state index in [0.717, 1.165) is 0 Å². The summed E-state index contributed by atoms with van der Waals surface area (Å²) >= 11 is 0. The van der Waals surface area contributed by atoms with Crippen molar-refractivity contribution in [1.82, 2.24) is 0 Å². The third-order valence-electron chi connectivity index (χ3n) is 21.9. The largest absolute Gasteiger partial charge is 0.0725 e. The van der Waals surface area contributed by atoms with Crippen molar-refractivity contribution in [2.45, 2.75) is 5.41 Å². The molecule has 0 radical (unpaired) electrons. The minimum atomic E-state index is -0.435. The van der Waals surface area contributed by atoms with E-state index in [2.05, 4.69) is 388 Å². The molecule has 2 aliphatic carbocycles. The van der Waals surface area contributed by atoms with E-state index < -0.39 is 5.41 Å². The molecule has 101 heavy (non-hydrogen) atoms. The monoisotopic (exact) mass is 1280 g/mol. The molecule has 1 spiro atoms. The van der Waals surface area contributed by atoms with Crippen LogP contribution in [0.25, 0.3) is 176 Å². The first-order valence-corrected chi connectivity index (χ1v) is 35.2. The highest BCUT2D eigenvalue weighted by Crippen LogP contribution is 2.65. The molecule has 0 saturated heterocycles. The lowest BCUT2D eigenvalue weighted by atomic mass is 9.69. The second-order valence-corrected chi connectivity index (χ2v) is 27.0. The van der Waals surface area contributed by atoms with Crippen molar-refractivity contribution in [2.75, 3.05) is 0 Å². The molecule has 0 heteroatoms. The number of benzene rings is 19. The third kappa shape index (κ3) is 8.88. The molecular weight excluding hydrogens is 1210 g/mol. The molecule has 0 unspecified atom stereocenters. The summed E-state index contributed by atoms with van der Waals surface area (Å²) in [5.74, 6) is 0. The van der Waals surface area contributed by atoms with Gasteiger partial charge in [0.2, 0.25) is 0 Å². The molecule has 0 saturated carbocycles. The van der Waals surface area contributed by atoms with E-state index in [9.17, 15) is 0 Å². The van der Waals surface area contributed by atoms with Crippen LogP contribution < -0.4 is 0 Å². The Bertz CT molecular complexity index is 6100. The second kappa shape index (κ2) is 23.6. The number of hydrogen-bond donors (Lipinski definition) is 0. The minimum absolute atomic E-state index is 0.435. The molecule has 0 N–H and O–H groups in total. The topological polar surface area (TPSA) is 0 Å². The Morgan fingerprint density at radius 2 is 0.416 bits per heavy atom. The van der Waals surface area contributed by atoms with Gasteiger partial charge >= 0.3 is 0 Å². The van der Waals surface area contributed by atoms with Crippen molar-refractivity contribution < 1.29 is 0 Å². The van der Waals surface area contributed by atoms with Crippen LogP contribution in [0.3, 0.4) is 0 Å². The molecule has 0 nitrogen and oxygen atoms in total. The lowest BCUT2D eigenvalue weighted by Crippen LogP contribution is -2.25. The molecule has 0 atom stereocenters. The molecule has 21 rings (SSSR count). The van der Waals surface area contributed by atoms with Crippen LogP contribution in [-0.2, 0) is 5.41 Å². The number of fused-ring (bicyclic) bond motifs is 18. The fourth-order valence-corrected chi connectivity index (χ4v) is 17.9. The standard InChI is InChI=1S/C59H36.C42H28/c1-2-18-40-37(16-1)17-15-28-41(40)38-32-34-39(35-33-38)56-46-23-5-7-25-48(46)57(49-26-8-6-24-47(49)56)51-36-55-58(45-22-4-3-19-42(45)51)50-27-11-14-31-54(50)59(55)52-29-12-9-20-43(52)44-21-10-13-30-53(44)59;1-5-17-29(18-6-1)37-33-25-13-14-26-34(33)39(31-21-9-3-10-22-31)42-40(32-23-11-4-12-24-32)36-28-16-15-27-35(36)38(41(37)42)30-19-7-2-8-20-30/h1-36H;1-28H. The molecule has 19 aromatic carbocycles. The van der Waals surface area contributed by atoms with Crippen molar-refractivity contribution in [3.63, 3.8) is 0 Å². The predicted molar refractivity (Wildman–Crippen MR) is 430 cm³/mol. The van der Waals surface area contributed by atoms with Gasteiger partial charge in [-0.2, -0.15) is 0 Å². The Morgan fingerprint density at radius 3 is 0.842 bits per heavy atom. The summed E-state index contributed by atoms with van der Waals surface area (Å²) in [7, 11) is 0. The fraction of sp³-hybridized carbons (Fsp3) is 0.00990. The summed E-state index contributed by atoms with van der Waals surface area (Å²) in [6, 6.07) is 143. The summed E-state index contributed by atoms with van der Waals surface area (Å²) in [5.41, 5.74) is 27.9. The maximum Gasteiger partial charge on any atom is 0.0725 e. The molecule has 2 aliphatic rings. The van der Waals surface area contributed by atoms with Crippen LogP contribution in [0.4, 0.5) is 0 Å². The normalized spacial score (nSPS) is 12.4. The summed E-state index contributed by atoms with van der Waals surface area (Å²) < 4.78 is 0. The highest BCUT2D eigenvalue weighted by Gasteiger charge is 2.52. The van der Waals surface area contributed by atoms with Gasteiger partial charge < -0.3 is 0 Å². The Hall–Kier alpha value is -13.0. The van der Waals surface area contributed by atoms with Crippen molar-refractivity contribution in [3.05, 3.63) is 411 Å². The lowest BCUT2D eigenvalue weighted by molar-refractivity contribution is 0.795. The smallest absolute Gasteiger partial charge is 0.0622 e. The molecule has 468 valence electrons. The second-order valence-electron chi connectivity index (χ2n) is 27.0. The van der Waals surface area contributed by atoms with Gasteiger partial charge in [0.05, 0.1) is 5.41 Å². The average molecular weight is 1280 g/mol. The van der Waals surface area contributed by atoms with Crippen LogP contribution in [-0.4, -0.2) is 0 Å². The van der Waals surface area contributed by atoms with E-state index >= 15 is 0 Å². The maximum absolute atomic E-state index is 2.59. The summed E-state index contributed by atoms with van der Waals surface area (Å²) in [6.07, 6.45) is 0. The van der Waals surface area contributed by atoms with Crippen LogP contribution in [0.15, 0.2) is 388 Å². The molecule has 0 aliphatic heterocycles. The van der Waals surface area contributed by atoms with Gasteiger partial charge in [0.1, 0.15) is 0 Å². The van der Waals surface area contributed by atoms with Gasteiger partial charge in [-0.25, -0.2) is 0 Å². The zero-order chi connectivity index (χ0) is 66.5. The first kappa shape index (κ1) is 58.2. The highest BCUT2D eigenvalue weighted by atomic mass is 14.5. The summed E-state index contributed by atoms with van der Waals surface area (Å²) in [5, 5.41) is 17.8. The lowest BCUT2D eigenvalue weighted by Gasteiger charge is -2.31. The Morgan fingerprint density at radius 1 is 0.139 bits per heavy atom. The van der Waals surface area contributed by atoms with Gasteiger partial charge in [0.25, 0.3) is 0 Å². The van der Waals surface area contributed by atoms with Gasteiger partial charge in [-0.15, -0.1) is 0 Å². The van der Waals surface area contributed by atoms with E-state index in [1.165, 1.54) is 198 Å². The summed E-state index contributed by atoms with van der Waals surface area (Å²) in [6.45, 7) is 0. The fourth-order valence-electron chi connectivity index (χ4n) is 17.9. The van der Waals surface area contributed by atoms with Crippen LogP contribution in [0, 0.1) is 0 Å². The van der Waals surface area contributed by atoms with Crippen LogP contribution in [0.2, 0.25) is 0 Å². The minimum Gasteiger partial charge on any atom is -0.0622 e. The zero-order valence-electron chi connectivity index (χ0n) is 55.5. The average Bonchev–Trinajstić information content (AvgIpc) is 1.48. The van der Waals surface area contributed by atoms with Crippen LogP contribution in [0.1, 0.15) is 22.3 Å². The van der Waals surface area contributed by atoms with E-state index in [1.54, 1.807) is 0 Å². The predicted octanol–water partition coefficient (Wildman–Crippen LogP) is 27.5. The van der Waals surface area contributed by atoms with Gasteiger partial charge in [0.15, 0.2) is 0 Å². The zero-order valence-corrected chi connectivity index (χ0v) is 55.5. The highest BCUT2D eigenvalue weighted by molar-refractivity contribution is 6.34. The molecular formula is C101H64. The first-order chi connectivity index (χ1) is 50.2. The molecule has 0 bridgehead atoms. The van der Waals surface area contributed by atoms with E-state index in [1.807, 2.05) is 0 Å². The first-order valence-electron chi connectivity index (χ1n) is 35.2.